The molecule has 0 aromatic carbocycles. The first kappa shape index (κ1) is 13.5. The van der Waals surface area contributed by atoms with Gasteiger partial charge >= 0.3 is 0 Å². The third-order valence-electron chi connectivity index (χ3n) is 3.51. The van der Waals surface area contributed by atoms with Gasteiger partial charge in [-0.1, -0.05) is 6.92 Å². The van der Waals surface area contributed by atoms with E-state index in [1.54, 1.807) is 18.5 Å². The summed E-state index contributed by atoms with van der Waals surface area (Å²) in [5.41, 5.74) is 0. The molecular weight excluding hydrogens is 254 g/mol. The molecule has 2 unspecified atom stereocenters. The van der Waals surface area contributed by atoms with Crippen molar-refractivity contribution in [2.24, 2.45) is 13.0 Å². The summed E-state index contributed by atoms with van der Waals surface area (Å²) < 4.78 is 27.8. The fraction of sp³-hybridized carbons (Fsp3) is 0.727. The maximum absolute atomic E-state index is 12.4. The average molecular weight is 273 g/mol. The Labute approximate surface area is 107 Å². The minimum absolute atomic E-state index is 0.0432. The Morgan fingerprint density at radius 2 is 2.17 bits per heavy atom. The predicted molar refractivity (Wildman–Crippen MR) is 66.5 cm³/mol. The van der Waals surface area contributed by atoms with E-state index >= 15 is 0 Å². The lowest BCUT2D eigenvalue weighted by Crippen LogP contribution is -2.44. The molecule has 2 rings (SSSR count). The molecule has 18 heavy (non-hydrogen) atoms. The maximum atomic E-state index is 12.4. The monoisotopic (exact) mass is 273 g/mol. The van der Waals surface area contributed by atoms with Crippen molar-refractivity contribution in [1.29, 1.82) is 0 Å². The highest BCUT2D eigenvalue weighted by atomic mass is 32.2. The number of aliphatic hydroxyl groups excluding tert-OH is 1. The smallest absolute Gasteiger partial charge is 0.262 e. The van der Waals surface area contributed by atoms with E-state index < -0.39 is 16.1 Å². The van der Waals surface area contributed by atoms with E-state index in [1.165, 1.54) is 10.5 Å². The molecule has 1 saturated heterocycles. The van der Waals surface area contributed by atoms with Gasteiger partial charge in [0.05, 0.1) is 6.10 Å². The van der Waals surface area contributed by atoms with Crippen LogP contribution < -0.4 is 0 Å². The van der Waals surface area contributed by atoms with Crippen molar-refractivity contribution in [1.82, 2.24) is 13.9 Å². The molecule has 0 spiro atoms. The number of piperidine rings is 1. The third-order valence-corrected chi connectivity index (χ3v) is 5.25. The largest absolute Gasteiger partial charge is 0.393 e. The Balaban J connectivity index is 2.26. The first-order chi connectivity index (χ1) is 8.32. The Bertz CT molecular complexity index is 518. The van der Waals surface area contributed by atoms with Crippen LogP contribution in [0.25, 0.3) is 0 Å². The van der Waals surface area contributed by atoms with Crippen molar-refractivity contribution in [3.63, 3.8) is 0 Å². The molecule has 0 bridgehead atoms. The Kier molecular flexibility index (Phi) is 3.48. The van der Waals surface area contributed by atoms with Gasteiger partial charge in [0, 0.05) is 26.3 Å². The number of aliphatic hydroxyl groups is 1. The molecule has 0 saturated carbocycles. The Morgan fingerprint density at radius 3 is 2.67 bits per heavy atom. The van der Waals surface area contributed by atoms with Gasteiger partial charge in [0.1, 0.15) is 5.82 Å². The van der Waals surface area contributed by atoms with E-state index in [0.717, 1.165) is 0 Å². The number of nitrogens with zero attached hydrogens (tertiary/aromatic N) is 3. The molecule has 7 heteroatoms. The molecule has 1 aliphatic heterocycles. The summed E-state index contributed by atoms with van der Waals surface area (Å²) in [6.07, 6.45) is 1.59. The summed E-state index contributed by atoms with van der Waals surface area (Å²) in [5, 5.41) is 9.73. The first-order valence-electron chi connectivity index (χ1n) is 6.00. The summed E-state index contributed by atoms with van der Waals surface area (Å²) in [7, 11) is -1.76. The van der Waals surface area contributed by atoms with Crippen LogP contribution in [0.3, 0.4) is 0 Å². The molecule has 0 radical (unpaired) electrons. The SMILES string of the molecule is Cc1nc(S(=O)(=O)N2CCC(O)C(C)C2)cn1C. The molecule has 1 aliphatic rings. The average Bonchev–Trinajstić information content (AvgIpc) is 2.64. The van der Waals surface area contributed by atoms with Crippen LogP contribution in [0.4, 0.5) is 0 Å². The quantitative estimate of drug-likeness (QED) is 0.830. The molecule has 2 heterocycles. The second-order valence-corrected chi connectivity index (χ2v) is 6.82. The summed E-state index contributed by atoms with van der Waals surface area (Å²) >= 11 is 0. The molecule has 102 valence electrons. The number of aryl methyl sites for hydroxylation is 2. The van der Waals surface area contributed by atoms with Crippen molar-refractivity contribution in [2.75, 3.05) is 13.1 Å². The van der Waals surface area contributed by atoms with Crippen LogP contribution in [0, 0.1) is 12.8 Å². The van der Waals surface area contributed by atoms with Crippen LogP contribution >= 0.6 is 0 Å². The zero-order chi connectivity index (χ0) is 13.5. The summed E-state index contributed by atoms with van der Waals surface area (Å²) in [6, 6.07) is 0. The second-order valence-electron chi connectivity index (χ2n) is 4.93. The number of rotatable bonds is 2. The Morgan fingerprint density at radius 1 is 1.50 bits per heavy atom. The lowest BCUT2D eigenvalue weighted by atomic mass is 9.99. The lowest BCUT2D eigenvalue weighted by molar-refractivity contribution is 0.0628. The number of hydrogen-bond donors (Lipinski definition) is 1. The van der Waals surface area contributed by atoms with Gasteiger partial charge in [-0.05, 0) is 19.3 Å². The van der Waals surface area contributed by atoms with E-state index in [0.29, 0.717) is 25.3 Å². The standard InChI is InChI=1S/C11H19N3O3S/c1-8-6-14(5-4-10(8)15)18(16,17)11-7-13(3)9(2)12-11/h7-8,10,15H,4-6H2,1-3H3. The van der Waals surface area contributed by atoms with Crippen molar-refractivity contribution >= 4 is 10.0 Å². The molecule has 1 aromatic rings. The van der Waals surface area contributed by atoms with Crippen molar-refractivity contribution in [2.45, 2.75) is 31.4 Å². The molecule has 6 nitrogen and oxygen atoms in total. The first-order valence-corrected chi connectivity index (χ1v) is 7.44. The highest BCUT2D eigenvalue weighted by Crippen LogP contribution is 2.23. The molecule has 1 aromatic heterocycles. The molecule has 1 N–H and O–H groups in total. The van der Waals surface area contributed by atoms with Gasteiger partial charge in [0.15, 0.2) is 5.03 Å². The maximum Gasteiger partial charge on any atom is 0.262 e. The van der Waals surface area contributed by atoms with Gasteiger partial charge < -0.3 is 9.67 Å². The highest BCUT2D eigenvalue weighted by molar-refractivity contribution is 7.89. The fourth-order valence-corrected chi connectivity index (χ4v) is 3.68. The van der Waals surface area contributed by atoms with Gasteiger partial charge in [-0.25, -0.2) is 13.4 Å². The molecular formula is C11H19N3O3S. The number of hydrogen-bond acceptors (Lipinski definition) is 4. The van der Waals surface area contributed by atoms with E-state index in [1.807, 2.05) is 6.92 Å². The van der Waals surface area contributed by atoms with Crippen LogP contribution in [0.15, 0.2) is 11.2 Å². The van der Waals surface area contributed by atoms with Crippen molar-refractivity contribution < 1.29 is 13.5 Å². The predicted octanol–water partition coefficient (Wildman–Crippen LogP) is 0.120. The molecule has 0 amide bonds. The van der Waals surface area contributed by atoms with Crippen LogP contribution in [-0.4, -0.2) is 46.6 Å². The number of aromatic nitrogens is 2. The Hall–Kier alpha value is -0.920. The minimum atomic E-state index is -3.53. The van der Waals surface area contributed by atoms with Gasteiger partial charge in [0.25, 0.3) is 10.0 Å². The van der Waals surface area contributed by atoms with E-state index in [9.17, 15) is 13.5 Å². The topological polar surface area (TPSA) is 75.4 Å². The van der Waals surface area contributed by atoms with Crippen LogP contribution in [0.1, 0.15) is 19.2 Å². The lowest BCUT2D eigenvalue weighted by Gasteiger charge is -2.32. The van der Waals surface area contributed by atoms with Gasteiger partial charge in [-0.2, -0.15) is 4.31 Å². The van der Waals surface area contributed by atoms with Crippen LogP contribution in [0.2, 0.25) is 0 Å². The fourth-order valence-electron chi connectivity index (χ4n) is 2.10. The molecule has 0 aliphatic carbocycles. The van der Waals surface area contributed by atoms with E-state index in [2.05, 4.69) is 4.98 Å². The van der Waals surface area contributed by atoms with Gasteiger partial charge in [0.2, 0.25) is 0 Å². The molecule has 2 atom stereocenters. The molecule has 1 fully saturated rings. The van der Waals surface area contributed by atoms with Crippen LogP contribution in [0.5, 0.6) is 0 Å². The van der Waals surface area contributed by atoms with Crippen LogP contribution in [-0.2, 0) is 17.1 Å². The van der Waals surface area contributed by atoms with Crippen molar-refractivity contribution in [3.8, 4) is 0 Å². The number of sulfonamides is 1. The normalized spacial score (nSPS) is 26.4. The van der Waals surface area contributed by atoms with Gasteiger partial charge in [-0.15, -0.1) is 0 Å². The zero-order valence-corrected chi connectivity index (χ0v) is 11.7. The highest BCUT2D eigenvalue weighted by Gasteiger charge is 2.34. The third kappa shape index (κ3) is 2.30. The summed E-state index contributed by atoms with van der Waals surface area (Å²) in [5.74, 6) is 0.622. The van der Waals surface area contributed by atoms with E-state index in [-0.39, 0.29) is 10.9 Å². The van der Waals surface area contributed by atoms with Gasteiger partial charge in [-0.3, -0.25) is 0 Å². The zero-order valence-electron chi connectivity index (χ0n) is 10.9. The summed E-state index contributed by atoms with van der Waals surface area (Å²) in [6.45, 7) is 4.32. The van der Waals surface area contributed by atoms with Crippen molar-refractivity contribution in [3.05, 3.63) is 12.0 Å². The number of imidazole rings is 1. The second kappa shape index (κ2) is 4.64. The summed E-state index contributed by atoms with van der Waals surface area (Å²) in [4.78, 5) is 4.07. The van der Waals surface area contributed by atoms with E-state index in [4.69, 9.17) is 0 Å². The minimum Gasteiger partial charge on any atom is -0.393 e.